The van der Waals surface area contributed by atoms with E-state index in [-0.39, 0.29) is 11.9 Å². The Morgan fingerprint density at radius 3 is 2.82 bits per heavy atom. The molecule has 17 heavy (non-hydrogen) atoms. The Morgan fingerprint density at radius 2 is 2.12 bits per heavy atom. The maximum absolute atomic E-state index is 12.0. The van der Waals surface area contributed by atoms with Crippen LogP contribution in [0.5, 0.6) is 0 Å². The lowest BCUT2D eigenvalue weighted by Gasteiger charge is -2.28. The maximum Gasteiger partial charge on any atom is 0.251 e. The van der Waals surface area contributed by atoms with Crippen molar-refractivity contribution in [2.45, 2.75) is 44.8 Å². The highest BCUT2D eigenvalue weighted by molar-refractivity contribution is 5.94. The molecule has 3 heteroatoms. The fourth-order valence-electron chi connectivity index (χ4n) is 2.32. The van der Waals surface area contributed by atoms with E-state index in [0.717, 1.165) is 31.2 Å². The molecule has 1 aliphatic carbocycles. The van der Waals surface area contributed by atoms with Crippen molar-refractivity contribution in [2.24, 2.45) is 0 Å². The van der Waals surface area contributed by atoms with Gasteiger partial charge in [0.1, 0.15) is 0 Å². The first-order valence-electron chi connectivity index (χ1n) is 6.22. The van der Waals surface area contributed by atoms with Crippen LogP contribution < -0.4 is 5.32 Å². The molecule has 0 unspecified atom stereocenters. The van der Waals surface area contributed by atoms with Crippen molar-refractivity contribution >= 4 is 5.91 Å². The molecule has 0 aliphatic heterocycles. The van der Waals surface area contributed by atoms with Crippen molar-refractivity contribution < 1.29 is 9.90 Å². The molecular weight excluding hydrogens is 214 g/mol. The SMILES string of the molecule is Cc1cccc(C(=O)N[C@H]2CCCC[C@H]2O)c1. The summed E-state index contributed by atoms with van der Waals surface area (Å²) in [5.41, 5.74) is 1.74. The number of carbonyl (C=O) groups is 1. The Bertz CT molecular complexity index is 403. The van der Waals surface area contributed by atoms with Gasteiger partial charge in [0.05, 0.1) is 12.1 Å². The molecule has 2 rings (SSSR count). The summed E-state index contributed by atoms with van der Waals surface area (Å²) in [6.07, 6.45) is 3.41. The van der Waals surface area contributed by atoms with Gasteiger partial charge in [0.25, 0.3) is 5.91 Å². The largest absolute Gasteiger partial charge is 0.391 e. The van der Waals surface area contributed by atoms with Gasteiger partial charge in [-0.3, -0.25) is 4.79 Å². The van der Waals surface area contributed by atoms with Crippen LogP contribution in [-0.2, 0) is 0 Å². The minimum Gasteiger partial charge on any atom is -0.391 e. The molecule has 0 radical (unpaired) electrons. The molecule has 1 saturated carbocycles. The van der Waals surface area contributed by atoms with Crippen LogP contribution in [-0.4, -0.2) is 23.2 Å². The van der Waals surface area contributed by atoms with Crippen LogP contribution in [0.25, 0.3) is 0 Å². The van der Waals surface area contributed by atoms with Crippen LogP contribution in [0.2, 0.25) is 0 Å². The van der Waals surface area contributed by atoms with Crippen LogP contribution >= 0.6 is 0 Å². The lowest BCUT2D eigenvalue weighted by atomic mass is 9.92. The normalized spacial score (nSPS) is 24.4. The number of amides is 1. The van der Waals surface area contributed by atoms with E-state index >= 15 is 0 Å². The van der Waals surface area contributed by atoms with E-state index in [1.807, 2.05) is 25.1 Å². The highest BCUT2D eigenvalue weighted by Crippen LogP contribution is 2.18. The minimum atomic E-state index is -0.391. The number of hydrogen-bond acceptors (Lipinski definition) is 2. The smallest absolute Gasteiger partial charge is 0.251 e. The third-order valence-corrected chi connectivity index (χ3v) is 3.33. The number of nitrogens with one attached hydrogen (secondary N) is 1. The van der Waals surface area contributed by atoms with Gasteiger partial charge in [-0.25, -0.2) is 0 Å². The Morgan fingerprint density at radius 1 is 1.35 bits per heavy atom. The first-order valence-corrected chi connectivity index (χ1v) is 6.22. The quantitative estimate of drug-likeness (QED) is 0.821. The molecule has 92 valence electrons. The van der Waals surface area contributed by atoms with Crippen molar-refractivity contribution in [3.8, 4) is 0 Å². The van der Waals surface area contributed by atoms with E-state index in [4.69, 9.17) is 0 Å². The third-order valence-electron chi connectivity index (χ3n) is 3.33. The molecule has 1 aliphatic rings. The second kappa shape index (κ2) is 5.32. The van der Waals surface area contributed by atoms with Gasteiger partial charge in [0, 0.05) is 5.56 Å². The van der Waals surface area contributed by atoms with Crippen LogP contribution in [0.15, 0.2) is 24.3 Å². The van der Waals surface area contributed by atoms with Gasteiger partial charge >= 0.3 is 0 Å². The lowest BCUT2D eigenvalue weighted by molar-refractivity contribution is 0.0717. The van der Waals surface area contributed by atoms with E-state index < -0.39 is 6.10 Å². The van der Waals surface area contributed by atoms with Crippen molar-refractivity contribution in [2.75, 3.05) is 0 Å². The fourth-order valence-corrected chi connectivity index (χ4v) is 2.32. The molecule has 1 aromatic rings. The van der Waals surface area contributed by atoms with E-state index in [2.05, 4.69) is 5.32 Å². The average molecular weight is 233 g/mol. The molecule has 0 bridgehead atoms. The fraction of sp³-hybridized carbons (Fsp3) is 0.500. The Labute approximate surface area is 102 Å². The van der Waals surface area contributed by atoms with Gasteiger partial charge < -0.3 is 10.4 Å². The van der Waals surface area contributed by atoms with Crippen molar-refractivity contribution in [3.63, 3.8) is 0 Å². The zero-order valence-electron chi connectivity index (χ0n) is 10.1. The number of aliphatic hydroxyl groups is 1. The number of aryl methyl sites for hydroxylation is 1. The molecule has 0 spiro atoms. The minimum absolute atomic E-state index is 0.0837. The predicted molar refractivity (Wildman–Crippen MR) is 66.9 cm³/mol. The monoisotopic (exact) mass is 233 g/mol. The van der Waals surface area contributed by atoms with Crippen molar-refractivity contribution in [3.05, 3.63) is 35.4 Å². The molecule has 2 N–H and O–H groups in total. The van der Waals surface area contributed by atoms with E-state index in [0.29, 0.717) is 5.56 Å². The zero-order valence-corrected chi connectivity index (χ0v) is 10.1. The molecule has 0 heterocycles. The molecule has 3 nitrogen and oxygen atoms in total. The Balaban J connectivity index is 2.01. The standard InChI is InChI=1S/C14H19NO2/c1-10-5-4-6-11(9-10)14(17)15-12-7-2-3-8-13(12)16/h4-6,9,12-13,16H,2-3,7-8H2,1H3,(H,15,17)/t12-,13+/m0/s1. The van der Waals surface area contributed by atoms with Crippen LogP contribution in [0.3, 0.4) is 0 Å². The predicted octanol–water partition coefficient (Wildman–Crippen LogP) is 2.03. The third kappa shape index (κ3) is 3.07. The second-order valence-electron chi connectivity index (χ2n) is 4.80. The number of rotatable bonds is 2. The van der Waals surface area contributed by atoms with Gasteiger partial charge in [-0.2, -0.15) is 0 Å². The van der Waals surface area contributed by atoms with Crippen LogP contribution in [0.4, 0.5) is 0 Å². The molecule has 0 aromatic heterocycles. The van der Waals surface area contributed by atoms with Gasteiger partial charge in [-0.15, -0.1) is 0 Å². The number of benzene rings is 1. The summed E-state index contributed by atoms with van der Waals surface area (Å²) in [6.45, 7) is 1.96. The Hall–Kier alpha value is -1.35. The first kappa shape index (κ1) is 12.1. The Kier molecular flexibility index (Phi) is 3.79. The zero-order chi connectivity index (χ0) is 12.3. The molecule has 0 saturated heterocycles. The highest BCUT2D eigenvalue weighted by Gasteiger charge is 2.24. The summed E-state index contributed by atoms with van der Waals surface area (Å²) in [7, 11) is 0. The molecule has 1 aromatic carbocycles. The van der Waals surface area contributed by atoms with E-state index in [9.17, 15) is 9.90 Å². The maximum atomic E-state index is 12.0. The van der Waals surface area contributed by atoms with Gasteiger partial charge in [-0.1, -0.05) is 30.5 Å². The number of hydrogen-bond donors (Lipinski definition) is 2. The average Bonchev–Trinajstić information content (AvgIpc) is 2.32. The molecule has 1 fully saturated rings. The first-order chi connectivity index (χ1) is 8.16. The summed E-state index contributed by atoms with van der Waals surface area (Å²) in [6, 6.07) is 7.42. The van der Waals surface area contributed by atoms with Gasteiger partial charge in [-0.05, 0) is 31.9 Å². The summed E-state index contributed by atoms with van der Waals surface area (Å²) >= 11 is 0. The van der Waals surface area contributed by atoms with E-state index in [1.165, 1.54) is 0 Å². The summed E-state index contributed by atoms with van der Waals surface area (Å²) in [4.78, 5) is 12.0. The van der Waals surface area contributed by atoms with Crippen LogP contribution in [0, 0.1) is 6.92 Å². The van der Waals surface area contributed by atoms with Gasteiger partial charge in [0.15, 0.2) is 0 Å². The van der Waals surface area contributed by atoms with E-state index in [1.54, 1.807) is 6.07 Å². The number of carbonyl (C=O) groups excluding carboxylic acids is 1. The van der Waals surface area contributed by atoms with Crippen molar-refractivity contribution in [1.82, 2.24) is 5.32 Å². The van der Waals surface area contributed by atoms with Crippen LogP contribution in [0.1, 0.15) is 41.6 Å². The van der Waals surface area contributed by atoms with Gasteiger partial charge in [0.2, 0.25) is 0 Å². The second-order valence-corrected chi connectivity index (χ2v) is 4.80. The summed E-state index contributed by atoms with van der Waals surface area (Å²) in [5, 5.41) is 12.7. The van der Waals surface area contributed by atoms with Crippen molar-refractivity contribution in [1.29, 1.82) is 0 Å². The number of aliphatic hydroxyl groups excluding tert-OH is 1. The molecule has 2 atom stereocenters. The molecule has 1 amide bonds. The lowest BCUT2D eigenvalue weighted by Crippen LogP contribution is -2.45. The molecular formula is C14H19NO2. The highest BCUT2D eigenvalue weighted by atomic mass is 16.3. The summed E-state index contributed by atoms with van der Waals surface area (Å²) in [5.74, 6) is -0.0837. The topological polar surface area (TPSA) is 49.3 Å². The summed E-state index contributed by atoms with van der Waals surface area (Å²) < 4.78 is 0.